The maximum absolute atomic E-state index is 12.5. The number of anilines is 1. The third-order valence-corrected chi connectivity index (χ3v) is 5.21. The lowest BCUT2D eigenvalue weighted by molar-refractivity contribution is -0.116. The van der Waals surface area contributed by atoms with Crippen molar-refractivity contribution in [1.29, 1.82) is 5.26 Å². The number of carbonyl (C=O) groups is 1. The van der Waals surface area contributed by atoms with Crippen molar-refractivity contribution in [1.82, 2.24) is 4.31 Å². The van der Waals surface area contributed by atoms with E-state index in [2.05, 4.69) is 10.1 Å². The topological polar surface area (TPSA) is 99.5 Å². The molecular formula is C17H15F2N3O4S. The fourth-order valence-corrected chi connectivity index (χ4v) is 3.33. The lowest BCUT2D eigenvalue weighted by Gasteiger charge is -2.18. The largest absolute Gasteiger partial charge is 0.433 e. The van der Waals surface area contributed by atoms with Gasteiger partial charge in [-0.1, -0.05) is 18.2 Å². The first-order valence-electron chi connectivity index (χ1n) is 7.54. The molecule has 1 amide bonds. The van der Waals surface area contributed by atoms with E-state index in [4.69, 9.17) is 5.26 Å². The van der Waals surface area contributed by atoms with E-state index in [1.165, 1.54) is 55.6 Å². The predicted octanol–water partition coefficient (Wildman–Crippen LogP) is 2.42. The molecular weight excluding hydrogens is 380 g/mol. The number of nitriles is 1. The van der Waals surface area contributed by atoms with Crippen LogP contribution in [-0.4, -0.2) is 38.8 Å². The molecule has 0 heterocycles. The molecule has 0 radical (unpaired) electrons. The smallest absolute Gasteiger partial charge is 0.387 e. The second kappa shape index (κ2) is 8.57. The highest BCUT2D eigenvalue weighted by Gasteiger charge is 2.23. The summed E-state index contributed by atoms with van der Waals surface area (Å²) in [7, 11) is -2.83. The number of nitrogens with one attached hydrogen (secondary N) is 1. The highest BCUT2D eigenvalue weighted by atomic mass is 32.2. The van der Waals surface area contributed by atoms with Crippen molar-refractivity contribution >= 4 is 21.6 Å². The van der Waals surface area contributed by atoms with Crippen LogP contribution in [0.4, 0.5) is 14.5 Å². The number of hydrogen-bond donors (Lipinski definition) is 1. The Labute approximate surface area is 154 Å². The van der Waals surface area contributed by atoms with Crippen molar-refractivity contribution in [2.45, 2.75) is 11.5 Å². The van der Waals surface area contributed by atoms with Gasteiger partial charge in [0.15, 0.2) is 0 Å². The summed E-state index contributed by atoms with van der Waals surface area (Å²) in [4.78, 5) is 12.0. The number of carbonyl (C=O) groups excluding carboxylic acids is 1. The van der Waals surface area contributed by atoms with Crippen molar-refractivity contribution in [2.24, 2.45) is 0 Å². The minimum absolute atomic E-state index is 0.0138. The van der Waals surface area contributed by atoms with Crippen molar-refractivity contribution in [3.05, 3.63) is 54.1 Å². The van der Waals surface area contributed by atoms with Gasteiger partial charge in [-0.2, -0.15) is 18.3 Å². The van der Waals surface area contributed by atoms with E-state index in [1.807, 2.05) is 6.07 Å². The molecule has 2 aromatic carbocycles. The van der Waals surface area contributed by atoms with E-state index >= 15 is 0 Å². The summed E-state index contributed by atoms with van der Waals surface area (Å²) in [5.41, 5.74) is 0.145. The monoisotopic (exact) mass is 395 g/mol. The van der Waals surface area contributed by atoms with Gasteiger partial charge < -0.3 is 10.1 Å². The van der Waals surface area contributed by atoms with Gasteiger partial charge >= 0.3 is 6.61 Å². The number of halogens is 2. The summed E-state index contributed by atoms with van der Waals surface area (Å²) in [6.45, 7) is -3.64. The first-order valence-corrected chi connectivity index (χ1v) is 8.98. The molecule has 0 aliphatic rings. The number of sulfonamides is 1. The number of alkyl halides is 2. The number of rotatable bonds is 7. The molecule has 0 unspecified atom stereocenters. The zero-order valence-corrected chi connectivity index (χ0v) is 14.9. The predicted molar refractivity (Wildman–Crippen MR) is 92.7 cm³/mol. The molecule has 0 bridgehead atoms. The molecule has 1 N–H and O–H groups in total. The second-order valence-corrected chi connectivity index (χ2v) is 7.37. The molecule has 27 heavy (non-hydrogen) atoms. The van der Waals surface area contributed by atoms with E-state index < -0.39 is 29.1 Å². The molecule has 0 saturated carbocycles. The van der Waals surface area contributed by atoms with Crippen LogP contribution in [0, 0.1) is 11.3 Å². The highest BCUT2D eigenvalue weighted by molar-refractivity contribution is 7.89. The van der Waals surface area contributed by atoms with E-state index in [0.29, 0.717) is 0 Å². The number of amides is 1. The van der Waals surface area contributed by atoms with E-state index in [1.54, 1.807) is 0 Å². The number of para-hydroxylation sites is 2. The summed E-state index contributed by atoms with van der Waals surface area (Å²) in [6.07, 6.45) is 0. The number of likely N-dealkylation sites (N-methyl/N-ethyl adjacent to an activating group) is 1. The van der Waals surface area contributed by atoms with Gasteiger partial charge in [0.05, 0.1) is 28.8 Å². The summed E-state index contributed by atoms with van der Waals surface area (Å²) in [6, 6.07) is 12.7. The zero-order chi connectivity index (χ0) is 20.0. The first-order chi connectivity index (χ1) is 12.7. The number of ether oxygens (including phenoxy) is 1. The van der Waals surface area contributed by atoms with Gasteiger partial charge in [-0.05, 0) is 30.3 Å². The van der Waals surface area contributed by atoms with Gasteiger partial charge in [0.2, 0.25) is 15.9 Å². The third-order valence-electron chi connectivity index (χ3n) is 3.41. The van der Waals surface area contributed by atoms with Crippen LogP contribution in [0.1, 0.15) is 5.56 Å². The molecule has 0 atom stereocenters. The SMILES string of the molecule is CN(CC(=O)Nc1ccccc1OC(F)F)S(=O)(=O)c1cccc(C#N)c1. The van der Waals surface area contributed by atoms with E-state index in [-0.39, 0.29) is 21.9 Å². The number of benzene rings is 2. The Morgan fingerprint density at radius 3 is 2.63 bits per heavy atom. The fourth-order valence-electron chi connectivity index (χ4n) is 2.15. The highest BCUT2D eigenvalue weighted by Crippen LogP contribution is 2.25. The van der Waals surface area contributed by atoms with Crippen molar-refractivity contribution < 1.29 is 26.7 Å². The molecule has 7 nitrogen and oxygen atoms in total. The summed E-state index contributed by atoms with van der Waals surface area (Å²) in [5, 5.41) is 11.2. The standard InChI is InChI=1S/C17H15F2N3O4S/c1-22(27(24,25)13-6-4-5-12(9-13)10-20)11-16(23)21-14-7-2-3-8-15(14)26-17(18)19/h2-9,17H,11H2,1H3,(H,21,23). The Balaban J connectivity index is 2.13. The lowest BCUT2D eigenvalue weighted by Crippen LogP contribution is -2.35. The average molecular weight is 395 g/mol. The fraction of sp³-hybridized carbons (Fsp3) is 0.176. The Hall–Kier alpha value is -3.03. The Kier molecular flexibility index (Phi) is 6.44. The maximum Gasteiger partial charge on any atom is 0.387 e. The van der Waals surface area contributed by atoms with Crippen LogP contribution < -0.4 is 10.1 Å². The Morgan fingerprint density at radius 2 is 1.96 bits per heavy atom. The summed E-state index contributed by atoms with van der Waals surface area (Å²) in [5.74, 6) is -0.990. The molecule has 2 rings (SSSR count). The van der Waals surface area contributed by atoms with Crippen LogP contribution in [0.25, 0.3) is 0 Å². The normalized spacial score (nSPS) is 11.3. The van der Waals surface area contributed by atoms with Crippen LogP contribution >= 0.6 is 0 Å². The lowest BCUT2D eigenvalue weighted by atomic mass is 10.2. The van der Waals surface area contributed by atoms with E-state index in [9.17, 15) is 22.0 Å². The van der Waals surface area contributed by atoms with Crippen LogP contribution in [-0.2, 0) is 14.8 Å². The molecule has 10 heteroatoms. The van der Waals surface area contributed by atoms with Crippen molar-refractivity contribution in [2.75, 3.05) is 18.9 Å². The van der Waals surface area contributed by atoms with Crippen LogP contribution in [0.5, 0.6) is 5.75 Å². The molecule has 0 aromatic heterocycles. The minimum Gasteiger partial charge on any atom is -0.433 e. The third kappa shape index (κ3) is 5.22. The molecule has 0 fully saturated rings. The van der Waals surface area contributed by atoms with Crippen LogP contribution in [0.2, 0.25) is 0 Å². The molecule has 0 spiro atoms. The zero-order valence-electron chi connectivity index (χ0n) is 14.1. The van der Waals surface area contributed by atoms with Gasteiger partial charge in [-0.25, -0.2) is 8.42 Å². The maximum atomic E-state index is 12.5. The van der Waals surface area contributed by atoms with Crippen LogP contribution in [0.15, 0.2) is 53.4 Å². The van der Waals surface area contributed by atoms with Crippen molar-refractivity contribution in [3.63, 3.8) is 0 Å². The quantitative estimate of drug-likeness (QED) is 0.776. The Bertz CT molecular complexity index is 974. The van der Waals surface area contributed by atoms with E-state index in [0.717, 1.165) is 4.31 Å². The molecule has 2 aromatic rings. The van der Waals surface area contributed by atoms with Gasteiger partial charge in [0.25, 0.3) is 0 Å². The molecule has 0 aliphatic carbocycles. The molecule has 0 saturated heterocycles. The van der Waals surface area contributed by atoms with Gasteiger partial charge in [0.1, 0.15) is 5.75 Å². The van der Waals surface area contributed by atoms with Crippen LogP contribution in [0.3, 0.4) is 0 Å². The molecule has 142 valence electrons. The number of hydrogen-bond acceptors (Lipinski definition) is 5. The average Bonchev–Trinajstić information content (AvgIpc) is 2.62. The van der Waals surface area contributed by atoms with Crippen molar-refractivity contribution in [3.8, 4) is 11.8 Å². The van der Waals surface area contributed by atoms with Gasteiger partial charge in [-0.3, -0.25) is 4.79 Å². The van der Waals surface area contributed by atoms with Gasteiger partial charge in [0, 0.05) is 7.05 Å². The summed E-state index contributed by atoms with van der Waals surface area (Å²) >= 11 is 0. The van der Waals surface area contributed by atoms with Gasteiger partial charge in [-0.15, -0.1) is 0 Å². The second-order valence-electron chi connectivity index (χ2n) is 5.32. The first kappa shape index (κ1) is 20.3. The number of nitrogens with zero attached hydrogens (tertiary/aromatic N) is 2. The molecule has 0 aliphatic heterocycles. The summed E-state index contributed by atoms with van der Waals surface area (Å²) < 4.78 is 54.9. The Morgan fingerprint density at radius 1 is 1.26 bits per heavy atom. The minimum atomic E-state index is -4.02.